The minimum absolute atomic E-state index is 0.812. The molecule has 0 saturated carbocycles. The van der Waals surface area contributed by atoms with Crippen molar-refractivity contribution in [2.75, 3.05) is 0 Å². The zero-order chi connectivity index (χ0) is 14.8. The smallest absolute Gasteiger partial charge is 0.191 e. The number of thioether (sulfide) groups is 1. The minimum atomic E-state index is 0.812. The van der Waals surface area contributed by atoms with Crippen LogP contribution in [0.1, 0.15) is 23.4 Å². The van der Waals surface area contributed by atoms with E-state index < -0.39 is 0 Å². The van der Waals surface area contributed by atoms with Crippen molar-refractivity contribution in [3.8, 4) is 11.4 Å². The molecule has 0 amide bonds. The van der Waals surface area contributed by atoms with E-state index in [0.29, 0.717) is 0 Å². The molecule has 0 spiro atoms. The molecule has 0 fully saturated rings. The summed E-state index contributed by atoms with van der Waals surface area (Å²) in [4.78, 5) is 4.57. The van der Waals surface area contributed by atoms with Gasteiger partial charge < -0.3 is 8.98 Å². The van der Waals surface area contributed by atoms with E-state index in [9.17, 15) is 0 Å². The highest BCUT2D eigenvalue weighted by atomic mass is 32.2. The first-order valence-electron chi connectivity index (χ1n) is 6.69. The molecule has 0 aliphatic carbocycles. The van der Waals surface area contributed by atoms with Crippen molar-refractivity contribution in [1.29, 1.82) is 0 Å². The lowest BCUT2D eigenvalue weighted by Crippen LogP contribution is -1.95. The molecule has 21 heavy (non-hydrogen) atoms. The first-order valence-corrected chi connectivity index (χ1v) is 8.55. The van der Waals surface area contributed by atoms with Gasteiger partial charge >= 0.3 is 0 Å². The molecule has 5 nitrogen and oxygen atoms in total. The lowest BCUT2D eigenvalue weighted by Gasteiger charge is -2.02. The van der Waals surface area contributed by atoms with E-state index in [1.807, 2.05) is 24.6 Å². The number of nitrogens with zero attached hydrogens (tertiary/aromatic N) is 4. The molecule has 0 radical (unpaired) electrons. The number of thiazole rings is 1. The maximum absolute atomic E-state index is 5.33. The number of hydrogen-bond donors (Lipinski definition) is 0. The number of rotatable bonds is 5. The van der Waals surface area contributed by atoms with E-state index in [2.05, 4.69) is 27.5 Å². The number of hydrogen-bond acceptors (Lipinski definition) is 6. The average molecular weight is 320 g/mol. The first kappa shape index (κ1) is 14.3. The quantitative estimate of drug-likeness (QED) is 0.671. The summed E-state index contributed by atoms with van der Waals surface area (Å²) in [5, 5.41) is 12.7. The summed E-state index contributed by atoms with van der Waals surface area (Å²) in [6, 6.07) is 1.92. The summed E-state index contributed by atoms with van der Waals surface area (Å²) < 4.78 is 7.33. The van der Waals surface area contributed by atoms with Crippen LogP contribution < -0.4 is 0 Å². The van der Waals surface area contributed by atoms with Crippen molar-refractivity contribution in [2.45, 2.75) is 31.2 Å². The van der Waals surface area contributed by atoms with Gasteiger partial charge in [-0.15, -0.1) is 21.5 Å². The predicted octanol–water partition coefficient (Wildman–Crippen LogP) is 3.69. The normalized spacial score (nSPS) is 11.2. The molecule has 3 rings (SSSR count). The van der Waals surface area contributed by atoms with Crippen LogP contribution >= 0.6 is 23.1 Å². The van der Waals surface area contributed by atoms with Gasteiger partial charge in [0.2, 0.25) is 0 Å². The fourth-order valence-electron chi connectivity index (χ4n) is 2.01. The molecule has 7 heteroatoms. The third-order valence-electron chi connectivity index (χ3n) is 3.19. The highest BCUT2D eigenvalue weighted by molar-refractivity contribution is 7.98. The zero-order valence-electron chi connectivity index (χ0n) is 12.2. The molecule has 0 aromatic carbocycles. The van der Waals surface area contributed by atoms with Crippen LogP contribution in [0.3, 0.4) is 0 Å². The van der Waals surface area contributed by atoms with Gasteiger partial charge in [0, 0.05) is 18.2 Å². The fraction of sp³-hybridized carbons (Fsp3) is 0.357. The van der Waals surface area contributed by atoms with Crippen LogP contribution in [-0.4, -0.2) is 19.7 Å². The van der Waals surface area contributed by atoms with E-state index in [1.54, 1.807) is 29.4 Å². The molecule has 0 bridgehead atoms. The summed E-state index contributed by atoms with van der Waals surface area (Å²) in [6.07, 6.45) is 2.66. The monoisotopic (exact) mass is 320 g/mol. The summed E-state index contributed by atoms with van der Waals surface area (Å²) in [6.45, 7) is 4.05. The van der Waals surface area contributed by atoms with Gasteiger partial charge in [-0.25, -0.2) is 4.98 Å². The van der Waals surface area contributed by atoms with Crippen LogP contribution in [0.2, 0.25) is 0 Å². The van der Waals surface area contributed by atoms with Crippen LogP contribution in [-0.2, 0) is 19.2 Å². The lowest BCUT2D eigenvalue weighted by atomic mass is 10.2. The van der Waals surface area contributed by atoms with Crippen molar-refractivity contribution in [2.24, 2.45) is 7.05 Å². The second-order valence-electron chi connectivity index (χ2n) is 4.63. The van der Waals surface area contributed by atoms with Crippen LogP contribution in [0.25, 0.3) is 11.4 Å². The molecule has 0 unspecified atom stereocenters. The third-order valence-corrected chi connectivity index (χ3v) is 5.28. The standard InChI is InChI=1S/C14H16N4OS2/c1-4-12-15-10(7-20-12)8-21-14-17-16-13(18(14)3)11-5-6-19-9(11)2/h5-7H,4,8H2,1-3H3. The fourth-order valence-corrected chi connectivity index (χ4v) is 3.66. The molecular formula is C14H16N4OS2. The molecule has 3 heterocycles. The Hall–Kier alpha value is -1.60. The Balaban J connectivity index is 1.75. The van der Waals surface area contributed by atoms with E-state index in [4.69, 9.17) is 4.42 Å². The van der Waals surface area contributed by atoms with Crippen molar-refractivity contribution < 1.29 is 4.42 Å². The van der Waals surface area contributed by atoms with Crippen molar-refractivity contribution in [1.82, 2.24) is 19.7 Å². The zero-order valence-corrected chi connectivity index (χ0v) is 13.8. The molecule has 0 N–H and O–H groups in total. The van der Waals surface area contributed by atoms with Crippen molar-refractivity contribution in [3.05, 3.63) is 34.2 Å². The molecule has 0 saturated heterocycles. The molecular weight excluding hydrogens is 304 g/mol. The third kappa shape index (κ3) is 2.89. The Morgan fingerprint density at radius 1 is 1.38 bits per heavy atom. The number of furan rings is 1. The topological polar surface area (TPSA) is 56.7 Å². The van der Waals surface area contributed by atoms with Gasteiger partial charge in [-0.3, -0.25) is 0 Å². The van der Waals surface area contributed by atoms with Gasteiger partial charge in [0.05, 0.1) is 22.5 Å². The largest absolute Gasteiger partial charge is 0.469 e. The maximum Gasteiger partial charge on any atom is 0.191 e. The molecule has 3 aromatic rings. The van der Waals surface area contributed by atoms with Gasteiger partial charge in [0.15, 0.2) is 11.0 Å². The van der Waals surface area contributed by atoms with E-state index >= 15 is 0 Å². The van der Waals surface area contributed by atoms with Crippen LogP contribution in [0.5, 0.6) is 0 Å². The average Bonchev–Trinajstić information content (AvgIpc) is 3.17. The Kier molecular flexibility index (Phi) is 4.12. The molecule has 0 aliphatic heterocycles. The van der Waals surface area contributed by atoms with Gasteiger partial charge in [-0.05, 0) is 19.4 Å². The predicted molar refractivity (Wildman–Crippen MR) is 84.5 cm³/mol. The van der Waals surface area contributed by atoms with E-state index in [-0.39, 0.29) is 0 Å². The summed E-state index contributed by atoms with van der Waals surface area (Å²) in [5.41, 5.74) is 2.09. The molecule has 3 aromatic heterocycles. The number of aromatic nitrogens is 4. The highest BCUT2D eigenvalue weighted by Crippen LogP contribution is 2.27. The van der Waals surface area contributed by atoms with Gasteiger partial charge in [0.1, 0.15) is 5.76 Å². The molecule has 0 atom stereocenters. The van der Waals surface area contributed by atoms with Crippen LogP contribution in [0, 0.1) is 6.92 Å². The van der Waals surface area contributed by atoms with Gasteiger partial charge in [-0.1, -0.05) is 18.7 Å². The first-order chi connectivity index (χ1) is 10.2. The van der Waals surface area contributed by atoms with Crippen LogP contribution in [0.4, 0.5) is 0 Å². The second-order valence-corrected chi connectivity index (χ2v) is 6.52. The molecule has 0 aliphatic rings. The Morgan fingerprint density at radius 2 is 2.24 bits per heavy atom. The highest BCUT2D eigenvalue weighted by Gasteiger charge is 2.15. The second kappa shape index (κ2) is 6.03. The Labute approximate surface area is 131 Å². The van der Waals surface area contributed by atoms with Gasteiger partial charge in [-0.2, -0.15) is 0 Å². The summed E-state index contributed by atoms with van der Waals surface area (Å²) in [7, 11) is 1.97. The Morgan fingerprint density at radius 3 is 2.90 bits per heavy atom. The Bertz CT molecular complexity index is 744. The minimum Gasteiger partial charge on any atom is -0.469 e. The SMILES string of the molecule is CCc1nc(CSc2nnc(-c3ccoc3C)n2C)cs1. The van der Waals surface area contributed by atoms with Gasteiger partial charge in [0.25, 0.3) is 0 Å². The summed E-state index contributed by atoms with van der Waals surface area (Å²) >= 11 is 3.37. The number of aryl methyl sites for hydroxylation is 2. The van der Waals surface area contributed by atoms with E-state index in [1.165, 1.54) is 5.01 Å². The lowest BCUT2D eigenvalue weighted by molar-refractivity contribution is 0.534. The summed E-state index contributed by atoms with van der Waals surface area (Å²) in [5.74, 6) is 2.50. The molecule has 110 valence electrons. The maximum atomic E-state index is 5.33. The van der Waals surface area contributed by atoms with Crippen LogP contribution in [0.15, 0.2) is 27.3 Å². The van der Waals surface area contributed by atoms with Crippen molar-refractivity contribution in [3.63, 3.8) is 0 Å². The van der Waals surface area contributed by atoms with Crippen molar-refractivity contribution >= 4 is 23.1 Å². The van der Waals surface area contributed by atoms with E-state index in [0.717, 1.165) is 40.2 Å².